The van der Waals surface area contributed by atoms with Crippen LogP contribution in [-0.4, -0.2) is 50.2 Å². The third-order valence-corrected chi connectivity index (χ3v) is 5.24. The summed E-state index contributed by atoms with van der Waals surface area (Å²) in [7, 11) is 1.97. The Balaban J connectivity index is 1.44. The van der Waals surface area contributed by atoms with Crippen LogP contribution in [0.3, 0.4) is 0 Å². The number of nitrogens with zero attached hydrogens (tertiary/aromatic N) is 1. The summed E-state index contributed by atoms with van der Waals surface area (Å²) in [5, 5.41) is 3.35. The fourth-order valence-electron chi connectivity index (χ4n) is 4.17. The number of hydrogen-bond donors (Lipinski definition) is 1. The highest BCUT2D eigenvalue weighted by Gasteiger charge is 2.40. The van der Waals surface area contributed by atoms with Gasteiger partial charge in [0.25, 0.3) is 0 Å². The molecule has 0 aromatic rings. The van der Waals surface area contributed by atoms with Crippen molar-refractivity contribution in [2.24, 2.45) is 17.8 Å². The molecule has 108 valence electrons. The SMILES string of the molecule is CN(CC1CC2CCC1C2)C(=O)CC1COCCN1. The van der Waals surface area contributed by atoms with Gasteiger partial charge in [-0.1, -0.05) is 6.42 Å². The van der Waals surface area contributed by atoms with Crippen LogP contribution in [0.5, 0.6) is 0 Å². The quantitative estimate of drug-likeness (QED) is 0.833. The third-order valence-electron chi connectivity index (χ3n) is 5.24. The molecule has 1 N–H and O–H groups in total. The van der Waals surface area contributed by atoms with Crippen LogP contribution in [0.4, 0.5) is 0 Å². The molecular weight excluding hydrogens is 240 g/mol. The van der Waals surface area contributed by atoms with E-state index in [1.165, 1.54) is 25.7 Å². The Hall–Kier alpha value is -0.610. The molecule has 0 aromatic heterocycles. The van der Waals surface area contributed by atoms with E-state index in [1.807, 2.05) is 11.9 Å². The molecule has 0 aromatic carbocycles. The Kier molecular flexibility index (Phi) is 4.08. The monoisotopic (exact) mass is 266 g/mol. The van der Waals surface area contributed by atoms with Crippen LogP contribution >= 0.6 is 0 Å². The fourth-order valence-corrected chi connectivity index (χ4v) is 4.17. The normalized spacial score (nSPS) is 37.5. The van der Waals surface area contributed by atoms with Gasteiger partial charge < -0.3 is 15.0 Å². The molecule has 3 aliphatic rings. The van der Waals surface area contributed by atoms with Crippen LogP contribution in [0, 0.1) is 17.8 Å². The smallest absolute Gasteiger partial charge is 0.223 e. The first kappa shape index (κ1) is 13.4. The minimum Gasteiger partial charge on any atom is -0.378 e. The zero-order valence-electron chi connectivity index (χ0n) is 11.9. The lowest BCUT2D eigenvalue weighted by atomic mass is 9.88. The lowest BCUT2D eigenvalue weighted by Crippen LogP contribution is -2.45. The summed E-state index contributed by atoms with van der Waals surface area (Å²) in [6, 6.07) is 0.212. The third kappa shape index (κ3) is 3.11. The van der Waals surface area contributed by atoms with Gasteiger partial charge in [-0.2, -0.15) is 0 Å². The van der Waals surface area contributed by atoms with E-state index in [9.17, 15) is 4.79 Å². The minimum atomic E-state index is 0.212. The van der Waals surface area contributed by atoms with Crippen molar-refractivity contribution in [2.75, 3.05) is 33.4 Å². The molecule has 2 bridgehead atoms. The summed E-state index contributed by atoms with van der Waals surface area (Å²) in [6.07, 6.45) is 6.19. The predicted molar refractivity (Wildman–Crippen MR) is 73.8 cm³/mol. The number of hydrogen-bond acceptors (Lipinski definition) is 3. The summed E-state index contributed by atoms with van der Waals surface area (Å²) in [5.41, 5.74) is 0. The first-order valence-electron chi connectivity index (χ1n) is 7.77. The standard InChI is InChI=1S/C15H26N2O2/c1-17(9-13-7-11-2-3-12(13)6-11)15(18)8-14-10-19-5-4-16-14/h11-14,16H,2-10H2,1H3. The average Bonchev–Trinajstić information content (AvgIpc) is 3.02. The molecule has 3 fully saturated rings. The molecule has 4 unspecified atom stereocenters. The topological polar surface area (TPSA) is 41.6 Å². The highest BCUT2D eigenvalue weighted by molar-refractivity contribution is 5.76. The molecule has 0 spiro atoms. The van der Waals surface area contributed by atoms with Crippen molar-refractivity contribution in [3.63, 3.8) is 0 Å². The molecule has 3 rings (SSSR count). The van der Waals surface area contributed by atoms with E-state index >= 15 is 0 Å². The molecule has 19 heavy (non-hydrogen) atoms. The zero-order chi connectivity index (χ0) is 13.2. The Morgan fingerprint density at radius 1 is 1.37 bits per heavy atom. The van der Waals surface area contributed by atoms with Crippen LogP contribution in [0.1, 0.15) is 32.1 Å². The molecule has 4 heteroatoms. The van der Waals surface area contributed by atoms with Crippen LogP contribution in [0.2, 0.25) is 0 Å². The number of morpholine rings is 1. The summed E-state index contributed by atoms with van der Waals surface area (Å²) < 4.78 is 5.40. The average molecular weight is 266 g/mol. The largest absolute Gasteiger partial charge is 0.378 e. The molecule has 4 atom stereocenters. The first-order chi connectivity index (χ1) is 9.22. The van der Waals surface area contributed by atoms with E-state index in [0.717, 1.165) is 37.5 Å². The predicted octanol–water partition coefficient (Wildman–Crippen LogP) is 1.26. The van der Waals surface area contributed by atoms with E-state index < -0.39 is 0 Å². The second-order valence-corrected chi connectivity index (χ2v) is 6.64. The van der Waals surface area contributed by atoms with E-state index in [1.54, 1.807) is 0 Å². The second-order valence-electron chi connectivity index (χ2n) is 6.64. The molecular formula is C15H26N2O2. The lowest BCUT2D eigenvalue weighted by Gasteiger charge is -2.29. The van der Waals surface area contributed by atoms with Crippen molar-refractivity contribution < 1.29 is 9.53 Å². The molecule has 1 aliphatic heterocycles. The van der Waals surface area contributed by atoms with Gasteiger partial charge in [-0.05, 0) is 37.0 Å². The highest BCUT2D eigenvalue weighted by Crippen LogP contribution is 2.48. The van der Waals surface area contributed by atoms with E-state index in [-0.39, 0.29) is 11.9 Å². The molecule has 2 aliphatic carbocycles. The summed E-state index contributed by atoms with van der Waals surface area (Å²) in [6.45, 7) is 3.28. The van der Waals surface area contributed by atoms with Gasteiger partial charge in [0, 0.05) is 32.6 Å². The number of fused-ring (bicyclic) bond motifs is 2. The van der Waals surface area contributed by atoms with E-state index in [4.69, 9.17) is 4.74 Å². The molecule has 1 saturated heterocycles. The molecule has 2 saturated carbocycles. The van der Waals surface area contributed by atoms with Crippen molar-refractivity contribution in [1.82, 2.24) is 10.2 Å². The Labute approximate surface area is 115 Å². The van der Waals surface area contributed by atoms with Gasteiger partial charge in [0.15, 0.2) is 0 Å². The molecule has 4 nitrogen and oxygen atoms in total. The summed E-state index contributed by atoms with van der Waals surface area (Å²) in [4.78, 5) is 14.2. The summed E-state index contributed by atoms with van der Waals surface area (Å²) in [5.74, 6) is 2.90. The number of carbonyl (C=O) groups excluding carboxylic acids is 1. The van der Waals surface area contributed by atoms with Crippen molar-refractivity contribution in [1.29, 1.82) is 0 Å². The summed E-state index contributed by atoms with van der Waals surface area (Å²) >= 11 is 0. The number of carbonyl (C=O) groups is 1. The van der Waals surface area contributed by atoms with Gasteiger partial charge in [-0.15, -0.1) is 0 Å². The van der Waals surface area contributed by atoms with Crippen molar-refractivity contribution in [2.45, 2.75) is 38.1 Å². The van der Waals surface area contributed by atoms with Gasteiger partial charge in [0.2, 0.25) is 5.91 Å². The van der Waals surface area contributed by atoms with Crippen molar-refractivity contribution >= 4 is 5.91 Å². The second kappa shape index (κ2) is 5.80. The fraction of sp³-hybridized carbons (Fsp3) is 0.933. The van der Waals surface area contributed by atoms with Gasteiger partial charge >= 0.3 is 0 Å². The van der Waals surface area contributed by atoms with E-state index in [0.29, 0.717) is 13.0 Å². The lowest BCUT2D eigenvalue weighted by molar-refractivity contribution is -0.131. The van der Waals surface area contributed by atoms with Gasteiger partial charge in [0.1, 0.15) is 0 Å². The van der Waals surface area contributed by atoms with Crippen LogP contribution in [-0.2, 0) is 9.53 Å². The Morgan fingerprint density at radius 2 is 2.26 bits per heavy atom. The number of ether oxygens (including phenoxy) is 1. The Morgan fingerprint density at radius 3 is 2.89 bits per heavy atom. The molecule has 0 radical (unpaired) electrons. The first-order valence-corrected chi connectivity index (χ1v) is 7.77. The van der Waals surface area contributed by atoms with Crippen LogP contribution in [0.15, 0.2) is 0 Å². The zero-order valence-corrected chi connectivity index (χ0v) is 11.9. The molecule has 1 heterocycles. The number of nitrogens with one attached hydrogen (secondary N) is 1. The minimum absolute atomic E-state index is 0.212. The Bertz CT molecular complexity index is 328. The maximum Gasteiger partial charge on any atom is 0.223 e. The van der Waals surface area contributed by atoms with Gasteiger partial charge in [-0.3, -0.25) is 4.79 Å². The molecule has 1 amide bonds. The highest BCUT2D eigenvalue weighted by atomic mass is 16.5. The van der Waals surface area contributed by atoms with Crippen LogP contribution < -0.4 is 5.32 Å². The van der Waals surface area contributed by atoms with Crippen molar-refractivity contribution in [3.05, 3.63) is 0 Å². The van der Waals surface area contributed by atoms with E-state index in [2.05, 4.69) is 5.32 Å². The van der Waals surface area contributed by atoms with Gasteiger partial charge in [-0.25, -0.2) is 0 Å². The maximum atomic E-state index is 12.2. The van der Waals surface area contributed by atoms with Gasteiger partial charge in [0.05, 0.1) is 13.2 Å². The van der Waals surface area contributed by atoms with Crippen LogP contribution in [0.25, 0.3) is 0 Å². The number of amides is 1. The van der Waals surface area contributed by atoms with Crippen molar-refractivity contribution in [3.8, 4) is 0 Å². The number of rotatable bonds is 4. The maximum absolute atomic E-state index is 12.2.